The van der Waals surface area contributed by atoms with Crippen LogP contribution in [0.4, 0.5) is 5.69 Å². The molecule has 2 atom stereocenters. The molecule has 2 heterocycles. The van der Waals surface area contributed by atoms with Gasteiger partial charge in [0.1, 0.15) is 6.04 Å². The first-order valence-corrected chi connectivity index (χ1v) is 10.5. The molecule has 1 aliphatic heterocycles. The van der Waals surface area contributed by atoms with Crippen LogP contribution < -0.4 is 10.5 Å². The Morgan fingerprint density at radius 3 is 2.64 bits per heavy atom. The average molecular weight is 396 g/mol. The van der Waals surface area contributed by atoms with Gasteiger partial charge in [-0.15, -0.1) is 0 Å². The zero-order valence-corrected chi connectivity index (χ0v) is 17.3. The van der Waals surface area contributed by atoms with Gasteiger partial charge in [0.15, 0.2) is 0 Å². The topological polar surface area (TPSA) is 45.5 Å². The summed E-state index contributed by atoms with van der Waals surface area (Å²) in [6, 6.07) is 15.8. The summed E-state index contributed by atoms with van der Waals surface area (Å²) in [4.78, 5) is 30.1. The van der Waals surface area contributed by atoms with Crippen molar-refractivity contribution in [2.24, 2.45) is 0 Å². The number of rotatable bonds is 3. The molecule has 0 aliphatic carbocycles. The molecular weight excluding hydrogens is 370 g/mol. The van der Waals surface area contributed by atoms with Crippen molar-refractivity contribution in [2.45, 2.75) is 32.9 Å². The standard InChI is InChI=1S/C22H25N3O2S/c1-15-7-6-8-18(13-15)24-12-11-23(14-16(24)2)21(26)17(3)25-22(27)19-9-4-5-10-20(19)28-25/h4-10,13,16-17H,11-12,14H2,1-3H3/t16-,17+/m1/s1. The molecule has 0 radical (unpaired) electrons. The molecule has 1 amide bonds. The van der Waals surface area contributed by atoms with Crippen LogP contribution in [0.25, 0.3) is 10.1 Å². The Kier molecular flexibility index (Phi) is 4.98. The predicted molar refractivity (Wildman–Crippen MR) is 115 cm³/mol. The smallest absolute Gasteiger partial charge is 0.269 e. The molecule has 1 fully saturated rings. The van der Waals surface area contributed by atoms with Crippen LogP contribution in [0.1, 0.15) is 25.5 Å². The molecule has 0 spiro atoms. The second-order valence-electron chi connectivity index (χ2n) is 7.56. The molecule has 1 aromatic heterocycles. The van der Waals surface area contributed by atoms with Crippen LogP contribution >= 0.6 is 11.5 Å². The fourth-order valence-corrected chi connectivity index (χ4v) is 4.99. The molecule has 0 unspecified atom stereocenters. The number of carbonyl (C=O) groups is 1. The van der Waals surface area contributed by atoms with Crippen LogP contribution in [-0.2, 0) is 4.79 Å². The molecule has 3 aromatic rings. The number of amides is 1. The largest absolute Gasteiger partial charge is 0.365 e. The lowest BCUT2D eigenvalue weighted by atomic mass is 10.1. The quantitative estimate of drug-likeness (QED) is 0.680. The van der Waals surface area contributed by atoms with Crippen molar-refractivity contribution >= 4 is 33.2 Å². The summed E-state index contributed by atoms with van der Waals surface area (Å²) in [6.07, 6.45) is 0. The van der Waals surface area contributed by atoms with Gasteiger partial charge in [0.25, 0.3) is 5.56 Å². The zero-order valence-electron chi connectivity index (χ0n) is 16.5. The van der Waals surface area contributed by atoms with Gasteiger partial charge in [-0.25, -0.2) is 0 Å². The fourth-order valence-electron chi connectivity index (χ4n) is 3.96. The van der Waals surface area contributed by atoms with Crippen LogP contribution in [-0.4, -0.2) is 40.4 Å². The molecule has 0 saturated carbocycles. The fraction of sp³-hybridized carbons (Fsp3) is 0.364. The number of nitrogens with zero attached hydrogens (tertiary/aromatic N) is 3. The Hall–Kier alpha value is -2.60. The van der Waals surface area contributed by atoms with Gasteiger partial charge >= 0.3 is 0 Å². The Bertz CT molecular complexity index is 1070. The van der Waals surface area contributed by atoms with Crippen LogP contribution in [0.5, 0.6) is 0 Å². The van der Waals surface area contributed by atoms with E-state index < -0.39 is 6.04 Å². The van der Waals surface area contributed by atoms with E-state index >= 15 is 0 Å². The minimum Gasteiger partial charge on any atom is -0.365 e. The SMILES string of the molecule is Cc1cccc(N2CCN(C(=O)[C@H](C)n3sc4ccccc4c3=O)C[C@H]2C)c1. The zero-order chi connectivity index (χ0) is 19.8. The summed E-state index contributed by atoms with van der Waals surface area (Å²) in [6.45, 7) is 8.20. The summed E-state index contributed by atoms with van der Waals surface area (Å²) < 4.78 is 2.54. The second kappa shape index (κ2) is 7.43. The minimum atomic E-state index is -0.484. The van der Waals surface area contributed by atoms with Gasteiger partial charge in [0, 0.05) is 31.4 Å². The van der Waals surface area contributed by atoms with Crippen molar-refractivity contribution < 1.29 is 4.79 Å². The van der Waals surface area contributed by atoms with E-state index in [9.17, 15) is 9.59 Å². The number of piperazine rings is 1. The summed E-state index contributed by atoms with van der Waals surface area (Å²) in [5.41, 5.74) is 2.36. The number of carbonyl (C=O) groups excluding carboxylic acids is 1. The second-order valence-corrected chi connectivity index (χ2v) is 8.58. The van der Waals surface area contributed by atoms with Crippen molar-refractivity contribution in [2.75, 3.05) is 24.5 Å². The number of fused-ring (bicyclic) bond motifs is 1. The third-order valence-electron chi connectivity index (χ3n) is 5.50. The highest BCUT2D eigenvalue weighted by Gasteiger charge is 2.31. The first-order chi connectivity index (χ1) is 13.5. The van der Waals surface area contributed by atoms with Crippen LogP contribution in [0.15, 0.2) is 53.3 Å². The molecule has 1 aliphatic rings. The Morgan fingerprint density at radius 1 is 1.14 bits per heavy atom. The van der Waals surface area contributed by atoms with Gasteiger partial charge in [-0.1, -0.05) is 35.8 Å². The Balaban J connectivity index is 1.51. The molecule has 0 N–H and O–H groups in total. The molecule has 1 saturated heterocycles. The predicted octanol–water partition coefficient (Wildman–Crippen LogP) is 3.67. The summed E-state index contributed by atoms with van der Waals surface area (Å²) in [5.74, 6) is 0.0180. The lowest BCUT2D eigenvalue weighted by Crippen LogP contribution is -2.55. The Labute approximate surface area is 169 Å². The van der Waals surface area contributed by atoms with Crippen molar-refractivity contribution in [3.05, 3.63) is 64.4 Å². The molecular formula is C22H25N3O2S. The molecule has 5 nitrogen and oxygen atoms in total. The number of hydrogen-bond acceptors (Lipinski definition) is 4. The highest BCUT2D eigenvalue weighted by atomic mass is 32.1. The molecule has 0 bridgehead atoms. The van der Waals surface area contributed by atoms with Crippen molar-refractivity contribution in [1.82, 2.24) is 8.86 Å². The lowest BCUT2D eigenvalue weighted by Gasteiger charge is -2.42. The van der Waals surface area contributed by atoms with Crippen molar-refractivity contribution in [3.63, 3.8) is 0 Å². The number of benzene rings is 2. The number of aromatic nitrogens is 1. The van der Waals surface area contributed by atoms with Crippen molar-refractivity contribution in [3.8, 4) is 0 Å². The van der Waals surface area contributed by atoms with Gasteiger partial charge in [-0.3, -0.25) is 13.5 Å². The number of aryl methyl sites for hydroxylation is 1. The first-order valence-electron chi connectivity index (χ1n) is 9.68. The maximum Gasteiger partial charge on any atom is 0.269 e. The van der Waals surface area contributed by atoms with E-state index in [2.05, 4.69) is 43.0 Å². The van der Waals surface area contributed by atoms with Gasteiger partial charge in [0.2, 0.25) is 5.91 Å². The van der Waals surface area contributed by atoms with Crippen LogP contribution in [0.3, 0.4) is 0 Å². The first kappa shape index (κ1) is 18.7. The Morgan fingerprint density at radius 2 is 1.93 bits per heavy atom. The third kappa shape index (κ3) is 3.33. The van der Waals surface area contributed by atoms with Crippen LogP contribution in [0.2, 0.25) is 0 Å². The summed E-state index contributed by atoms with van der Waals surface area (Å²) in [7, 11) is 0. The summed E-state index contributed by atoms with van der Waals surface area (Å²) in [5, 5.41) is 0.685. The average Bonchev–Trinajstić information content (AvgIpc) is 3.03. The monoisotopic (exact) mass is 395 g/mol. The normalized spacial score (nSPS) is 18.5. The van der Waals surface area contributed by atoms with E-state index in [1.807, 2.05) is 36.1 Å². The van der Waals surface area contributed by atoms with Gasteiger partial charge < -0.3 is 9.80 Å². The molecule has 4 rings (SSSR count). The van der Waals surface area contributed by atoms with Gasteiger partial charge in [0.05, 0.1) is 10.1 Å². The lowest BCUT2D eigenvalue weighted by molar-refractivity contribution is -0.134. The molecule has 28 heavy (non-hydrogen) atoms. The van der Waals surface area contributed by atoms with E-state index in [1.165, 1.54) is 22.8 Å². The highest BCUT2D eigenvalue weighted by molar-refractivity contribution is 7.14. The van der Waals surface area contributed by atoms with Gasteiger partial charge in [-0.2, -0.15) is 0 Å². The van der Waals surface area contributed by atoms with E-state index in [0.717, 1.165) is 11.2 Å². The van der Waals surface area contributed by atoms with Crippen LogP contribution in [0, 0.1) is 6.92 Å². The highest BCUT2D eigenvalue weighted by Crippen LogP contribution is 2.24. The summed E-state index contributed by atoms with van der Waals surface area (Å²) >= 11 is 1.37. The van der Waals surface area contributed by atoms with E-state index in [4.69, 9.17) is 0 Å². The number of anilines is 1. The molecule has 146 valence electrons. The van der Waals surface area contributed by atoms with E-state index in [-0.39, 0.29) is 17.5 Å². The van der Waals surface area contributed by atoms with Gasteiger partial charge in [-0.05, 0) is 50.6 Å². The van der Waals surface area contributed by atoms with Crippen molar-refractivity contribution in [1.29, 1.82) is 0 Å². The third-order valence-corrected chi connectivity index (χ3v) is 6.73. The minimum absolute atomic E-state index is 0.0180. The maximum absolute atomic E-state index is 13.1. The maximum atomic E-state index is 13.1. The molecule has 6 heteroatoms. The molecule has 2 aromatic carbocycles. The van der Waals surface area contributed by atoms with E-state index in [1.54, 1.807) is 3.96 Å². The number of hydrogen-bond donors (Lipinski definition) is 0. The van der Waals surface area contributed by atoms with E-state index in [0.29, 0.717) is 18.5 Å².